The number of benzene rings is 1. The largest absolute Gasteiger partial charge is 0.462 e. The maximum atomic E-state index is 12.4. The molecule has 3 aliphatic rings. The van der Waals surface area contributed by atoms with Crippen LogP contribution in [0.3, 0.4) is 0 Å². The van der Waals surface area contributed by atoms with Gasteiger partial charge in [-0.1, -0.05) is 30.9 Å². The van der Waals surface area contributed by atoms with Crippen molar-refractivity contribution in [1.82, 2.24) is 4.90 Å². The van der Waals surface area contributed by atoms with Crippen molar-refractivity contribution < 1.29 is 9.53 Å². The highest BCUT2D eigenvalue weighted by Gasteiger charge is 2.48. The van der Waals surface area contributed by atoms with E-state index in [0.29, 0.717) is 0 Å². The van der Waals surface area contributed by atoms with Crippen molar-refractivity contribution in [2.24, 2.45) is 5.41 Å². The average molecular weight is 377 g/mol. The fourth-order valence-corrected chi connectivity index (χ4v) is 4.97. The summed E-state index contributed by atoms with van der Waals surface area (Å²) < 4.78 is 5.76. The first-order chi connectivity index (χ1) is 12.6. The summed E-state index contributed by atoms with van der Waals surface area (Å²) in [6, 6.07) is 8.11. The molecule has 1 aromatic rings. The Bertz CT molecular complexity index is 619. The number of cyclic esters (lactones) is 1. The van der Waals surface area contributed by atoms with Gasteiger partial charge in [0.15, 0.2) is 0 Å². The van der Waals surface area contributed by atoms with E-state index in [4.69, 9.17) is 16.3 Å². The molecule has 0 bridgehead atoms. The number of anilines is 1. The molecule has 1 aromatic carbocycles. The summed E-state index contributed by atoms with van der Waals surface area (Å²) in [4.78, 5) is 17.3. The van der Waals surface area contributed by atoms with E-state index < -0.39 is 0 Å². The molecule has 5 heteroatoms. The van der Waals surface area contributed by atoms with Crippen molar-refractivity contribution >= 4 is 23.3 Å². The monoisotopic (exact) mass is 376 g/mol. The quantitative estimate of drug-likeness (QED) is 0.740. The second-order valence-corrected chi connectivity index (χ2v) is 8.60. The third-order valence-corrected chi connectivity index (χ3v) is 6.72. The Labute approximate surface area is 161 Å². The van der Waals surface area contributed by atoms with Gasteiger partial charge in [0.1, 0.15) is 6.10 Å². The van der Waals surface area contributed by atoms with E-state index in [1.165, 1.54) is 24.9 Å². The summed E-state index contributed by atoms with van der Waals surface area (Å²) in [5.74, 6) is 0.0924. The molecule has 0 N–H and O–H groups in total. The smallest absolute Gasteiger partial charge is 0.312 e. The molecule has 0 radical (unpaired) electrons. The number of carbonyl (C=O) groups is 1. The minimum absolute atomic E-state index is 0.0924. The number of halogens is 1. The molecule has 4 rings (SSSR count). The molecule has 0 aromatic heterocycles. The van der Waals surface area contributed by atoms with Crippen LogP contribution in [-0.2, 0) is 9.53 Å². The molecule has 4 nitrogen and oxygen atoms in total. The van der Waals surface area contributed by atoms with Crippen LogP contribution in [0.2, 0.25) is 5.02 Å². The van der Waals surface area contributed by atoms with Crippen LogP contribution in [0.5, 0.6) is 0 Å². The van der Waals surface area contributed by atoms with Gasteiger partial charge in [-0.25, -0.2) is 0 Å². The summed E-state index contributed by atoms with van der Waals surface area (Å²) in [6.07, 6.45) is 7.81. The van der Waals surface area contributed by atoms with Crippen molar-refractivity contribution in [2.45, 2.75) is 51.0 Å². The van der Waals surface area contributed by atoms with Gasteiger partial charge in [0.2, 0.25) is 0 Å². The standard InChI is InChI=1S/C21H29ClN2O2/c22-17-4-6-18(7-5-17)24-14-12-23(13-15-24)11-8-19-16-21(20(25)26-19)9-2-1-3-10-21/h4-7,19H,1-3,8-16H2/t19-/m0/s1. The Kier molecular flexibility index (Phi) is 5.42. The number of nitrogens with zero attached hydrogens (tertiary/aromatic N) is 2. The number of hydrogen-bond donors (Lipinski definition) is 0. The Morgan fingerprint density at radius 3 is 2.42 bits per heavy atom. The molecule has 1 atom stereocenters. The summed E-state index contributed by atoms with van der Waals surface area (Å²) in [7, 11) is 0. The molecule has 1 saturated carbocycles. The van der Waals surface area contributed by atoms with Crippen LogP contribution in [0.15, 0.2) is 24.3 Å². The summed E-state index contributed by atoms with van der Waals surface area (Å²) in [6.45, 7) is 5.23. The molecule has 2 heterocycles. The summed E-state index contributed by atoms with van der Waals surface area (Å²) >= 11 is 5.98. The molecular formula is C21H29ClN2O2. The van der Waals surface area contributed by atoms with Gasteiger partial charge in [-0.15, -0.1) is 0 Å². The normalized spacial score (nSPS) is 26.3. The van der Waals surface area contributed by atoms with Crippen LogP contribution < -0.4 is 4.90 Å². The zero-order valence-electron chi connectivity index (χ0n) is 15.5. The molecule has 26 heavy (non-hydrogen) atoms. The number of rotatable bonds is 4. The molecule has 0 unspecified atom stereocenters. The van der Waals surface area contributed by atoms with Crippen molar-refractivity contribution in [3.05, 3.63) is 29.3 Å². The fraction of sp³-hybridized carbons (Fsp3) is 0.667. The topological polar surface area (TPSA) is 32.8 Å². The van der Waals surface area contributed by atoms with Crippen LogP contribution in [0.4, 0.5) is 5.69 Å². The first-order valence-electron chi connectivity index (χ1n) is 10.1. The lowest BCUT2D eigenvalue weighted by Gasteiger charge is -2.36. The second kappa shape index (κ2) is 7.77. The van der Waals surface area contributed by atoms with E-state index in [0.717, 1.165) is 63.4 Å². The highest BCUT2D eigenvalue weighted by molar-refractivity contribution is 6.30. The van der Waals surface area contributed by atoms with E-state index in [9.17, 15) is 4.79 Å². The first-order valence-corrected chi connectivity index (χ1v) is 10.5. The van der Waals surface area contributed by atoms with Gasteiger partial charge in [-0.05, 0) is 43.5 Å². The van der Waals surface area contributed by atoms with E-state index in [1.54, 1.807) is 0 Å². The van der Waals surface area contributed by atoms with Gasteiger partial charge in [-0.3, -0.25) is 9.69 Å². The van der Waals surface area contributed by atoms with Crippen LogP contribution in [0.1, 0.15) is 44.9 Å². The van der Waals surface area contributed by atoms with Crippen LogP contribution >= 0.6 is 11.6 Å². The lowest BCUT2D eigenvalue weighted by Crippen LogP contribution is -2.47. The van der Waals surface area contributed by atoms with Crippen LogP contribution in [0, 0.1) is 5.41 Å². The molecular weight excluding hydrogens is 348 g/mol. The van der Waals surface area contributed by atoms with Crippen LogP contribution in [-0.4, -0.2) is 49.7 Å². The summed E-state index contributed by atoms with van der Waals surface area (Å²) in [5, 5.41) is 0.786. The second-order valence-electron chi connectivity index (χ2n) is 8.17. The van der Waals surface area contributed by atoms with E-state index in [1.807, 2.05) is 12.1 Å². The zero-order valence-corrected chi connectivity index (χ0v) is 16.2. The van der Waals surface area contributed by atoms with Crippen LogP contribution in [0.25, 0.3) is 0 Å². The number of piperazine rings is 1. The molecule has 1 aliphatic carbocycles. The predicted molar refractivity (Wildman–Crippen MR) is 105 cm³/mol. The highest BCUT2D eigenvalue weighted by atomic mass is 35.5. The Morgan fingerprint density at radius 2 is 1.73 bits per heavy atom. The third-order valence-electron chi connectivity index (χ3n) is 6.47. The van der Waals surface area contributed by atoms with Gasteiger partial charge in [0.25, 0.3) is 0 Å². The number of hydrogen-bond acceptors (Lipinski definition) is 4. The molecule has 0 amide bonds. The van der Waals surface area contributed by atoms with Gasteiger partial charge < -0.3 is 9.64 Å². The van der Waals surface area contributed by atoms with Crippen molar-refractivity contribution in [2.75, 3.05) is 37.6 Å². The maximum Gasteiger partial charge on any atom is 0.312 e. The lowest BCUT2D eigenvalue weighted by atomic mass is 9.72. The molecule has 2 aliphatic heterocycles. The van der Waals surface area contributed by atoms with Gasteiger partial charge in [0, 0.05) is 49.9 Å². The SMILES string of the molecule is O=C1O[C@@H](CCN2CCN(c3ccc(Cl)cc3)CC2)CC12CCCCC2. The van der Waals surface area contributed by atoms with Gasteiger partial charge >= 0.3 is 5.97 Å². The van der Waals surface area contributed by atoms with Crippen molar-refractivity contribution in [3.8, 4) is 0 Å². The third kappa shape index (κ3) is 3.86. The average Bonchev–Trinajstić information content (AvgIpc) is 2.97. The highest BCUT2D eigenvalue weighted by Crippen LogP contribution is 2.46. The predicted octanol–water partition coefficient (Wildman–Crippen LogP) is 4.12. The minimum atomic E-state index is -0.129. The van der Waals surface area contributed by atoms with Crippen molar-refractivity contribution in [3.63, 3.8) is 0 Å². The molecule has 142 valence electrons. The molecule has 1 spiro atoms. The zero-order chi connectivity index (χ0) is 18.0. The Balaban J connectivity index is 1.23. The number of carbonyl (C=O) groups excluding carboxylic acids is 1. The Hall–Kier alpha value is -1.26. The maximum absolute atomic E-state index is 12.4. The van der Waals surface area contributed by atoms with E-state index in [-0.39, 0.29) is 17.5 Å². The fourth-order valence-electron chi connectivity index (χ4n) is 4.84. The summed E-state index contributed by atoms with van der Waals surface area (Å²) in [5.41, 5.74) is 1.12. The number of esters is 1. The van der Waals surface area contributed by atoms with E-state index >= 15 is 0 Å². The molecule has 2 saturated heterocycles. The number of ether oxygens (including phenoxy) is 1. The Morgan fingerprint density at radius 1 is 1.04 bits per heavy atom. The molecule has 3 fully saturated rings. The minimum Gasteiger partial charge on any atom is -0.462 e. The van der Waals surface area contributed by atoms with Gasteiger partial charge in [-0.2, -0.15) is 0 Å². The van der Waals surface area contributed by atoms with E-state index in [2.05, 4.69) is 21.9 Å². The van der Waals surface area contributed by atoms with Gasteiger partial charge in [0.05, 0.1) is 5.41 Å². The van der Waals surface area contributed by atoms with Crippen molar-refractivity contribution in [1.29, 1.82) is 0 Å². The lowest BCUT2D eigenvalue weighted by molar-refractivity contribution is -0.150. The first kappa shape index (κ1) is 18.1.